The Morgan fingerprint density at radius 2 is 1.71 bits per heavy atom. The van der Waals surface area contributed by atoms with E-state index in [0.717, 1.165) is 0 Å². The Bertz CT molecular complexity index is 647. The van der Waals surface area contributed by atoms with E-state index in [0.29, 0.717) is 12.1 Å². The van der Waals surface area contributed by atoms with Gasteiger partial charge in [-0.2, -0.15) is 0 Å². The zero-order valence-electron chi connectivity index (χ0n) is 13.3. The third-order valence-electron chi connectivity index (χ3n) is 4.81. The first-order chi connectivity index (χ1) is 9.49. The standard InChI is InChI=1S/C15H23NO3SSi/c1-15(2,3)21(4,5)16-11-13(20(16,18)19)14(17)12-9-7-6-8-10-12/h6-10,13H,11H2,1-5H3. The third-order valence-corrected chi connectivity index (χ3v) is 13.9. The molecule has 1 aliphatic heterocycles. The van der Waals surface area contributed by atoms with Crippen molar-refractivity contribution in [2.45, 2.75) is 44.2 Å². The van der Waals surface area contributed by atoms with Crippen LogP contribution in [0.1, 0.15) is 31.1 Å². The van der Waals surface area contributed by atoms with Crippen molar-refractivity contribution >= 4 is 24.0 Å². The summed E-state index contributed by atoms with van der Waals surface area (Å²) in [6, 6.07) is 8.67. The van der Waals surface area contributed by atoms with Crippen LogP contribution < -0.4 is 0 Å². The molecule has 0 bridgehead atoms. The quantitative estimate of drug-likeness (QED) is 0.634. The highest BCUT2D eigenvalue weighted by Crippen LogP contribution is 2.44. The Morgan fingerprint density at radius 1 is 1.19 bits per heavy atom. The fourth-order valence-electron chi connectivity index (χ4n) is 2.34. The molecule has 0 saturated carbocycles. The summed E-state index contributed by atoms with van der Waals surface area (Å²) in [6.07, 6.45) is 0. The average Bonchev–Trinajstić information content (AvgIpc) is 2.36. The number of carbonyl (C=O) groups excluding carboxylic acids is 1. The number of Topliss-reactive ketones (excluding diaryl/α,β-unsaturated/α-hetero) is 1. The second-order valence-electron chi connectivity index (χ2n) is 7.10. The SMILES string of the molecule is CC(C)(C)[Si](C)(C)N1CC(C(=O)c2ccccc2)S1(=O)=O. The van der Waals surface area contributed by atoms with Gasteiger partial charge in [0.1, 0.15) is 8.24 Å². The Labute approximate surface area is 128 Å². The van der Waals surface area contributed by atoms with Gasteiger partial charge in [-0.1, -0.05) is 64.2 Å². The van der Waals surface area contributed by atoms with E-state index < -0.39 is 23.5 Å². The summed E-state index contributed by atoms with van der Waals surface area (Å²) in [5.74, 6) is -0.287. The van der Waals surface area contributed by atoms with Crippen LogP contribution in [0.25, 0.3) is 0 Å². The van der Waals surface area contributed by atoms with E-state index in [9.17, 15) is 13.2 Å². The van der Waals surface area contributed by atoms with Crippen LogP contribution in [0.2, 0.25) is 18.1 Å². The van der Waals surface area contributed by atoms with Gasteiger partial charge in [0.15, 0.2) is 11.0 Å². The van der Waals surface area contributed by atoms with Crippen molar-refractivity contribution in [2.24, 2.45) is 0 Å². The van der Waals surface area contributed by atoms with Gasteiger partial charge >= 0.3 is 0 Å². The van der Waals surface area contributed by atoms with Gasteiger partial charge in [0.05, 0.1) is 0 Å². The fourth-order valence-corrected chi connectivity index (χ4v) is 8.76. The van der Waals surface area contributed by atoms with Gasteiger partial charge in [-0.25, -0.2) is 12.4 Å². The lowest BCUT2D eigenvalue weighted by Gasteiger charge is -2.51. The van der Waals surface area contributed by atoms with Crippen LogP contribution in [0.15, 0.2) is 30.3 Å². The van der Waals surface area contributed by atoms with E-state index in [2.05, 4.69) is 20.8 Å². The summed E-state index contributed by atoms with van der Waals surface area (Å²) in [4.78, 5) is 12.4. The highest BCUT2D eigenvalue weighted by atomic mass is 32.2. The highest BCUT2D eigenvalue weighted by molar-refractivity contribution is 7.93. The molecule has 1 fully saturated rings. The van der Waals surface area contributed by atoms with Gasteiger partial charge in [-0.3, -0.25) is 4.79 Å². The Morgan fingerprint density at radius 3 is 2.14 bits per heavy atom. The first-order valence-electron chi connectivity index (χ1n) is 7.10. The van der Waals surface area contributed by atoms with Gasteiger partial charge in [0.25, 0.3) is 0 Å². The van der Waals surface area contributed by atoms with E-state index in [1.165, 1.54) is 0 Å². The number of rotatable bonds is 3. The van der Waals surface area contributed by atoms with Gasteiger partial charge in [-0.15, -0.1) is 0 Å². The summed E-state index contributed by atoms with van der Waals surface area (Å²) in [5.41, 5.74) is 0.473. The maximum Gasteiger partial charge on any atom is 0.219 e. The Hall–Kier alpha value is -0.983. The normalized spacial score (nSPS) is 22.6. The summed E-state index contributed by atoms with van der Waals surface area (Å²) >= 11 is 0. The van der Waals surface area contributed by atoms with Crippen LogP contribution in [-0.4, -0.2) is 38.2 Å². The van der Waals surface area contributed by atoms with Crippen molar-refractivity contribution in [3.8, 4) is 0 Å². The van der Waals surface area contributed by atoms with E-state index in [4.69, 9.17) is 0 Å². The molecule has 1 saturated heterocycles. The highest BCUT2D eigenvalue weighted by Gasteiger charge is 2.58. The minimum Gasteiger partial charge on any atom is -0.293 e. The Kier molecular flexibility index (Phi) is 3.93. The zero-order chi connectivity index (χ0) is 16.1. The first-order valence-corrected chi connectivity index (χ1v) is 11.6. The monoisotopic (exact) mass is 325 g/mol. The van der Waals surface area contributed by atoms with Crippen LogP contribution in [0.5, 0.6) is 0 Å². The van der Waals surface area contributed by atoms with Crippen molar-refractivity contribution < 1.29 is 13.2 Å². The molecular formula is C15H23NO3SSi. The number of carbonyl (C=O) groups is 1. The van der Waals surface area contributed by atoms with Gasteiger partial charge in [0.2, 0.25) is 10.0 Å². The predicted molar refractivity (Wildman–Crippen MR) is 87.4 cm³/mol. The molecule has 116 valence electrons. The molecular weight excluding hydrogens is 302 g/mol. The summed E-state index contributed by atoms with van der Waals surface area (Å²) in [5, 5.41) is -0.977. The second kappa shape index (κ2) is 5.03. The molecule has 0 aromatic heterocycles. The molecule has 1 aromatic rings. The molecule has 1 heterocycles. The summed E-state index contributed by atoms with van der Waals surface area (Å²) < 4.78 is 26.8. The van der Waals surface area contributed by atoms with Crippen molar-refractivity contribution in [1.29, 1.82) is 0 Å². The zero-order valence-corrected chi connectivity index (χ0v) is 15.1. The molecule has 4 nitrogen and oxygen atoms in total. The van der Waals surface area contributed by atoms with Gasteiger partial charge in [-0.05, 0) is 5.04 Å². The summed E-state index contributed by atoms with van der Waals surface area (Å²) in [7, 11) is -5.66. The minimum atomic E-state index is -3.51. The predicted octanol–water partition coefficient (Wildman–Crippen LogP) is 2.89. The van der Waals surface area contributed by atoms with Crippen molar-refractivity contribution in [3.05, 3.63) is 35.9 Å². The van der Waals surface area contributed by atoms with E-state index in [-0.39, 0.29) is 10.8 Å². The number of benzene rings is 1. The number of hydrogen-bond donors (Lipinski definition) is 0. The minimum absolute atomic E-state index is 0.0686. The lowest BCUT2D eigenvalue weighted by molar-refractivity contribution is 0.0971. The van der Waals surface area contributed by atoms with E-state index in [1.54, 1.807) is 28.2 Å². The van der Waals surface area contributed by atoms with E-state index in [1.807, 2.05) is 19.2 Å². The second-order valence-corrected chi connectivity index (χ2v) is 14.6. The number of nitrogens with zero attached hydrogens (tertiary/aromatic N) is 1. The van der Waals surface area contributed by atoms with Crippen LogP contribution in [0, 0.1) is 0 Å². The molecule has 0 aliphatic carbocycles. The smallest absolute Gasteiger partial charge is 0.219 e. The number of sulfonamides is 1. The molecule has 21 heavy (non-hydrogen) atoms. The van der Waals surface area contributed by atoms with E-state index >= 15 is 0 Å². The first kappa shape index (κ1) is 16.4. The third kappa shape index (κ3) is 2.60. The average molecular weight is 326 g/mol. The molecule has 1 unspecified atom stereocenters. The maximum atomic E-state index is 12.6. The molecule has 6 heteroatoms. The topological polar surface area (TPSA) is 54.5 Å². The molecule has 0 N–H and O–H groups in total. The van der Waals surface area contributed by atoms with Crippen LogP contribution in [0.4, 0.5) is 0 Å². The fraction of sp³-hybridized carbons (Fsp3) is 0.533. The summed E-state index contributed by atoms with van der Waals surface area (Å²) in [6.45, 7) is 10.6. The molecule has 0 spiro atoms. The maximum absolute atomic E-state index is 12.6. The largest absolute Gasteiger partial charge is 0.293 e. The molecule has 2 rings (SSSR count). The molecule has 1 atom stereocenters. The number of hydrogen-bond acceptors (Lipinski definition) is 3. The van der Waals surface area contributed by atoms with Crippen molar-refractivity contribution in [3.63, 3.8) is 0 Å². The molecule has 0 radical (unpaired) electrons. The number of ketones is 1. The van der Waals surface area contributed by atoms with Crippen LogP contribution in [-0.2, 0) is 10.0 Å². The molecule has 1 aliphatic rings. The molecule has 1 aromatic carbocycles. The van der Waals surface area contributed by atoms with Crippen LogP contribution >= 0.6 is 0 Å². The van der Waals surface area contributed by atoms with Crippen molar-refractivity contribution in [1.82, 2.24) is 3.97 Å². The lowest BCUT2D eigenvalue weighted by atomic mass is 10.1. The Balaban J connectivity index is 2.26. The van der Waals surface area contributed by atoms with Crippen molar-refractivity contribution in [2.75, 3.05) is 6.54 Å². The van der Waals surface area contributed by atoms with Gasteiger partial charge in [0, 0.05) is 12.1 Å². The molecule has 0 amide bonds. The van der Waals surface area contributed by atoms with Crippen LogP contribution in [0.3, 0.4) is 0 Å². The van der Waals surface area contributed by atoms with Gasteiger partial charge < -0.3 is 0 Å². The lowest BCUT2D eigenvalue weighted by Crippen LogP contribution is -2.70.